The Morgan fingerprint density at radius 3 is 2.42 bits per heavy atom. The molecule has 1 aromatic carbocycles. The van der Waals surface area contributed by atoms with Gasteiger partial charge in [0.2, 0.25) is 0 Å². The molecular formula is C7H6NO4-. The van der Waals surface area contributed by atoms with E-state index in [9.17, 15) is 9.90 Å². The van der Waals surface area contributed by atoms with E-state index < -0.39 is 5.97 Å². The molecule has 0 spiro atoms. The Hall–Kier alpha value is -1.59. The molecule has 0 saturated heterocycles. The second kappa shape index (κ2) is 3.70. The zero-order valence-corrected chi connectivity index (χ0v) is 5.98. The molecule has 0 aliphatic heterocycles. The van der Waals surface area contributed by atoms with Gasteiger partial charge in [-0.15, -0.1) is 4.99 Å². The van der Waals surface area contributed by atoms with Gasteiger partial charge >= 0.3 is 0 Å². The van der Waals surface area contributed by atoms with Crippen LogP contribution in [0.3, 0.4) is 0 Å². The summed E-state index contributed by atoms with van der Waals surface area (Å²) in [5, 5.41) is 18.2. The van der Waals surface area contributed by atoms with Crippen molar-refractivity contribution in [3.05, 3.63) is 29.8 Å². The van der Waals surface area contributed by atoms with Crippen LogP contribution in [0.2, 0.25) is 0 Å². The summed E-state index contributed by atoms with van der Waals surface area (Å²) in [5.41, 5.74) is 2.63. The maximum Gasteiger partial charge on any atom is 0.0715 e. The topological polar surface area (TPSA) is 81.6 Å². The highest BCUT2D eigenvalue weighted by Gasteiger charge is 1.93. The number of carboxylic acid groups (broad SMARTS) is 1. The first-order valence-electron chi connectivity index (χ1n) is 3.12. The fourth-order valence-electron chi connectivity index (χ4n) is 0.727. The summed E-state index contributed by atoms with van der Waals surface area (Å²) >= 11 is 0. The highest BCUT2D eigenvalue weighted by molar-refractivity contribution is 5.86. The molecule has 2 N–H and O–H groups in total. The summed E-state index contributed by atoms with van der Waals surface area (Å²) in [7, 11) is 0. The molecule has 0 radical (unpaired) electrons. The Labute approximate surface area is 68.1 Å². The van der Waals surface area contributed by atoms with E-state index in [2.05, 4.69) is 10.5 Å². The van der Waals surface area contributed by atoms with Crippen molar-refractivity contribution >= 4 is 11.7 Å². The van der Waals surface area contributed by atoms with E-state index in [1.807, 2.05) is 0 Å². The molecule has 5 nitrogen and oxygen atoms in total. The third-order valence-corrected chi connectivity index (χ3v) is 1.28. The van der Waals surface area contributed by atoms with Crippen LogP contribution in [-0.4, -0.2) is 11.2 Å². The number of benzene rings is 1. The quantitative estimate of drug-likeness (QED) is 0.485. The van der Waals surface area contributed by atoms with Gasteiger partial charge in [-0.05, 0) is 17.7 Å². The normalized spacial score (nSPS) is 9.42. The van der Waals surface area contributed by atoms with Crippen molar-refractivity contribution in [3.8, 4) is 0 Å². The van der Waals surface area contributed by atoms with Crippen molar-refractivity contribution in [2.45, 2.75) is 0 Å². The lowest BCUT2D eigenvalue weighted by Crippen LogP contribution is -2.21. The lowest BCUT2D eigenvalue weighted by Gasteiger charge is -2.03. The molecule has 0 amide bonds. The van der Waals surface area contributed by atoms with Crippen LogP contribution in [0.25, 0.3) is 0 Å². The van der Waals surface area contributed by atoms with Gasteiger partial charge in [0.25, 0.3) is 0 Å². The fourth-order valence-corrected chi connectivity index (χ4v) is 0.727. The van der Waals surface area contributed by atoms with Crippen LogP contribution in [-0.2, 0) is 4.99 Å². The molecule has 0 atom stereocenters. The molecule has 1 rings (SSSR count). The van der Waals surface area contributed by atoms with Gasteiger partial charge in [-0.3, -0.25) is 0 Å². The Kier molecular flexibility index (Phi) is 2.62. The SMILES string of the molecule is O=C([O-])c1ccc(NOO)cc1. The average molecular weight is 168 g/mol. The van der Waals surface area contributed by atoms with Crippen LogP contribution >= 0.6 is 0 Å². The third kappa shape index (κ3) is 1.94. The zero-order valence-electron chi connectivity index (χ0n) is 5.98. The number of hydrogen-bond donors (Lipinski definition) is 2. The monoisotopic (exact) mass is 168 g/mol. The Balaban J connectivity index is 2.78. The Morgan fingerprint density at radius 1 is 1.42 bits per heavy atom. The molecule has 0 aliphatic carbocycles. The lowest BCUT2D eigenvalue weighted by molar-refractivity contribution is -0.255. The fraction of sp³-hybridized carbons (Fsp3) is 0. The largest absolute Gasteiger partial charge is 0.545 e. The summed E-state index contributed by atoms with van der Waals surface area (Å²) in [4.78, 5) is 13.9. The van der Waals surface area contributed by atoms with Crippen LogP contribution < -0.4 is 10.6 Å². The van der Waals surface area contributed by atoms with Crippen LogP contribution in [0, 0.1) is 0 Å². The van der Waals surface area contributed by atoms with Crippen molar-refractivity contribution in [1.82, 2.24) is 0 Å². The minimum atomic E-state index is -1.24. The standard InChI is InChI=1S/C7H7NO4/c9-7(10)5-1-3-6(4-2-5)8-12-11/h1-4,8,11H,(H,9,10)/p-1. The van der Waals surface area contributed by atoms with Gasteiger partial charge in [-0.25, -0.2) is 10.7 Å². The molecule has 0 heterocycles. The van der Waals surface area contributed by atoms with Crippen LogP contribution in [0.5, 0.6) is 0 Å². The molecule has 5 heteroatoms. The maximum atomic E-state index is 10.3. The van der Waals surface area contributed by atoms with E-state index in [1.165, 1.54) is 24.3 Å². The zero-order chi connectivity index (χ0) is 8.97. The number of anilines is 1. The molecule has 0 saturated carbocycles. The lowest BCUT2D eigenvalue weighted by atomic mass is 10.2. The van der Waals surface area contributed by atoms with E-state index in [0.29, 0.717) is 5.69 Å². The van der Waals surface area contributed by atoms with Gasteiger partial charge < -0.3 is 9.90 Å². The summed E-state index contributed by atoms with van der Waals surface area (Å²) in [6, 6.07) is 5.52. The second-order valence-corrected chi connectivity index (χ2v) is 2.06. The van der Waals surface area contributed by atoms with Gasteiger partial charge in [0, 0.05) is 0 Å². The number of rotatable bonds is 3. The first kappa shape index (κ1) is 8.51. The van der Waals surface area contributed by atoms with Crippen molar-refractivity contribution in [1.29, 1.82) is 0 Å². The maximum absolute atomic E-state index is 10.3. The smallest absolute Gasteiger partial charge is 0.0715 e. The number of nitrogens with one attached hydrogen (secondary N) is 1. The van der Waals surface area contributed by atoms with Gasteiger partial charge in [-0.1, -0.05) is 12.1 Å². The number of aromatic carboxylic acids is 1. The predicted molar refractivity (Wildman–Crippen MR) is 38.1 cm³/mol. The van der Waals surface area contributed by atoms with E-state index in [-0.39, 0.29) is 5.56 Å². The Bertz CT molecular complexity index is 269. The molecule has 0 bridgehead atoms. The van der Waals surface area contributed by atoms with Crippen molar-refractivity contribution < 1.29 is 20.1 Å². The second-order valence-electron chi connectivity index (χ2n) is 2.06. The molecular weight excluding hydrogens is 162 g/mol. The highest BCUT2D eigenvalue weighted by atomic mass is 17.2. The number of carbonyl (C=O) groups excluding carboxylic acids is 1. The van der Waals surface area contributed by atoms with E-state index >= 15 is 0 Å². The molecule has 0 fully saturated rings. The number of hydrogen-bond acceptors (Lipinski definition) is 5. The molecule has 0 aromatic heterocycles. The summed E-state index contributed by atoms with van der Waals surface area (Å²) in [5.74, 6) is -1.24. The number of carboxylic acids is 1. The first-order chi connectivity index (χ1) is 5.74. The van der Waals surface area contributed by atoms with Crippen LogP contribution in [0.15, 0.2) is 24.3 Å². The third-order valence-electron chi connectivity index (χ3n) is 1.28. The van der Waals surface area contributed by atoms with Crippen LogP contribution in [0.4, 0.5) is 5.69 Å². The molecule has 0 unspecified atom stereocenters. The molecule has 1 aromatic rings. The van der Waals surface area contributed by atoms with Crippen molar-refractivity contribution in [3.63, 3.8) is 0 Å². The van der Waals surface area contributed by atoms with Gasteiger partial charge in [-0.2, -0.15) is 0 Å². The summed E-state index contributed by atoms with van der Waals surface area (Å²) in [6.07, 6.45) is 0. The van der Waals surface area contributed by atoms with Crippen molar-refractivity contribution in [2.75, 3.05) is 5.48 Å². The molecule has 0 aliphatic rings. The minimum absolute atomic E-state index is 0.0680. The van der Waals surface area contributed by atoms with Gasteiger partial charge in [0.05, 0.1) is 11.7 Å². The van der Waals surface area contributed by atoms with Crippen molar-refractivity contribution in [2.24, 2.45) is 0 Å². The Morgan fingerprint density at radius 2 is 2.00 bits per heavy atom. The summed E-state index contributed by atoms with van der Waals surface area (Å²) in [6.45, 7) is 0. The molecule has 12 heavy (non-hydrogen) atoms. The molecule has 64 valence electrons. The summed E-state index contributed by atoms with van der Waals surface area (Å²) < 4.78 is 0. The van der Waals surface area contributed by atoms with Crippen LogP contribution in [0.1, 0.15) is 10.4 Å². The highest BCUT2D eigenvalue weighted by Crippen LogP contribution is 2.07. The predicted octanol–water partition coefficient (Wildman–Crippen LogP) is -0.133. The number of carbonyl (C=O) groups is 1. The van der Waals surface area contributed by atoms with Gasteiger partial charge in [0.15, 0.2) is 0 Å². The van der Waals surface area contributed by atoms with E-state index in [4.69, 9.17) is 5.26 Å². The van der Waals surface area contributed by atoms with E-state index in [1.54, 1.807) is 0 Å². The average Bonchev–Trinajstić information content (AvgIpc) is 2.06. The first-order valence-corrected chi connectivity index (χ1v) is 3.12. The minimum Gasteiger partial charge on any atom is -0.545 e. The van der Waals surface area contributed by atoms with E-state index in [0.717, 1.165) is 0 Å². The van der Waals surface area contributed by atoms with Gasteiger partial charge in [0.1, 0.15) is 0 Å².